The maximum Gasteiger partial charge on any atom is 0.523 e. The van der Waals surface area contributed by atoms with Crippen molar-refractivity contribution in [2.24, 2.45) is 0 Å². The van der Waals surface area contributed by atoms with Crippen LogP contribution in [0.15, 0.2) is 0 Å². The molecule has 0 amide bonds. The number of alkyl halides is 3. The Morgan fingerprint density at radius 2 is 1.75 bits per heavy atom. The van der Waals surface area contributed by atoms with Gasteiger partial charge >= 0.3 is 15.6 Å². The van der Waals surface area contributed by atoms with Crippen molar-refractivity contribution in [2.75, 3.05) is 20.8 Å². The Kier molecular flexibility index (Phi) is 5.40. The van der Waals surface area contributed by atoms with Crippen LogP contribution in [0.3, 0.4) is 0 Å². The van der Waals surface area contributed by atoms with Crippen molar-refractivity contribution in [1.29, 1.82) is 0 Å². The number of hydrogen-bond donors (Lipinski definition) is 0. The van der Waals surface area contributed by atoms with Crippen molar-refractivity contribution in [2.45, 2.75) is 11.0 Å². The fourth-order valence-corrected chi connectivity index (χ4v) is 2.10. The average molecular weight is 286 g/mol. The number of rotatable bonds is 6. The molecule has 98 valence electrons. The highest BCUT2D eigenvalue weighted by Crippen LogP contribution is 2.34. The summed E-state index contributed by atoms with van der Waals surface area (Å²) in [5, 5.41) is 0. The molecule has 0 fully saturated rings. The van der Waals surface area contributed by atoms with Gasteiger partial charge < -0.3 is 14.0 Å². The summed E-state index contributed by atoms with van der Waals surface area (Å²) < 4.78 is 80.4. The molecular weight excluding hydrogens is 276 g/mol. The van der Waals surface area contributed by atoms with Gasteiger partial charge in [-0.15, -0.1) is 0 Å². The van der Waals surface area contributed by atoms with Crippen LogP contribution in [0.5, 0.6) is 0 Å². The third-order valence-corrected chi connectivity index (χ3v) is 3.52. The second-order valence-corrected chi connectivity index (χ2v) is 5.20. The van der Waals surface area contributed by atoms with E-state index in [1.807, 2.05) is 0 Å². The van der Waals surface area contributed by atoms with Crippen LogP contribution < -0.4 is 0 Å². The standard InChI is InChI=1S/C5H10F3O6PS/c1-12-3-4(13-2,15-9)14-16(10,11)5(6,7)8/h3,15H2,1-2H3. The van der Waals surface area contributed by atoms with Crippen LogP contribution in [0, 0.1) is 0 Å². The SMILES string of the molecule is COCC(OC)(OS(=O)(=O)C(F)(F)F)[PH2]=O. The zero-order chi connectivity index (χ0) is 13.0. The number of hydrogen-bond acceptors (Lipinski definition) is 6. The molecule has 0 saturated carbocycles. The summed E-state index contributed by atoms with van der Waals surface area (Å²) in [4.78, 5) is 0. The number of ether oxygens (including phenoxy) is 2. The number of methoxy groups -OCH3 is 2. The topological polar surface area (TPSA) is 78.9 Å². The molecule has 0 heterocycles. The van der Waals surface area contributed by atoms with Gasteiger partial charge in [0.1, 0.15) is 15.1 Å². The third-order valence-electron chi connectivity index (χ3n) is 1.40. The first-order chi connectivity index (χ1) is 7.14. The maximum atomic E-state index is 12.0. The molecule has 2 atom stereocenters. The van der Waals surface area contributed by atoms with Crippen molar-refractivity contribution in [3.63, 3.8) is 0 Å². The summed E-state index contributed by atoms with van der Waals surface area (Å²) in [6.07, 6.45) is 0. The first-order valence-electron chi connectivity index (χ1n) is 3.66. The molecule has 0 saturated heterocycles. The third kappa shape index (κ3) is 3.70. The van der Waals surface area contributed by atoms with E-state index in [9.17, 15) is 26.2 Å². The average Bonchev–Trinajstić information content (AvgIpc) is 2.15. The Morgan fingerprint density at radius 1 is 1.25 bits per heavy atom. The summed E-state index contributed by atoms with van der Waals surface area (Å²) in [5.74, 6) is 0. The molecule has 0 spiro atoms. The van der Waals surface area contributed by atoms with Gasteiger partial charge in [-0.1, -0.05) is 0 Å². The molecule has 0 aliphatic rings. The van der Waals surface area contributed by atoms with Crippen molar-refractivity contribution in [3.8, 4) is 0 Å². The second-order valence-electron chi connectivity index (χ2n) is 2.55. The Bertz CT molecular complexity index is 341. The predicted octanol–water partition coefficient (Wildman–Crippen LogP) is 0.555. The van der Waals surface area contributed by atoms with E-state index < -0.39 is 36.2 Å². The molecule has 0 aliphatic heterocycles. The van der Waals surface area contributed by atoms with Crippen LogP contribution in [-0.2, 0) is 28.3 Å². The quantitative estimate of drug-likeness (QED) is 0.307. The van der Waals surface area contributed by atoms with Crippen LogP contribution in [0.4, 0.5) is 13.2 Å². The van der Waals surface area contributed by atoms with Crippen LogP contribution in [0.1, 0.15) is 0 Å². The van der Waals surface area contributed by atoms with Crippen LogP contribution >= 0.6 is 8.46 Å². The van der Waals surface area contributed by atoms with Crippen molar-refractivity contribution in [1.82, 2.24) is 0 Å². The molecule has 11 heteroatoms. The Labute approximate surface area is 91.0 Å². The van der Waals surface area contributed by atoms with Crippen molar-refractivity contribution >= 4 is 18.6 Å². The smallest absolute Gasteiger partial charge is 0.379 e. The highest BCUT2D eigenvalue weighted by Gasteiger charge is 2.52. The van der Waals surface area contributed by atoms with E-state index in [0.29, 0.717) is 0 Å². The summed E-state index contributed by atoms with van der Waals surface area (Å²) in [5.41, 5.74) is -8.04. The van der Waals surface area contributed by atoms with Crippen LogP contribution in [0.25, 0.3) is 0 Å². The maximum absolute atomic E-state index is 12.0. The van der Waals surface area contributed by atoms with E-state index in [-0.39, 0.29) is 0 Å². The molecule has 0 aromatic carbocycles. The van der Waals surface area contributed by atoms with Gasteiger partial charge in [-0.05, 0) is 0 Å². The molecule has 2 unspecified atom stereocenters. The highest BCUT2D eigenvalue weighted by molar-refractivity contribution is 7.87. The van der Waals surface area contributed by atoms with Gasteiger partial charge in [-0.25, -0.2) is 4.18 Å². The zero-order valence-corrected chi connectivity index (χ0v) is 10.2. The van der Waals surface area contributed by atoms with Gasteiger partial charge in [0, 0.05) is 14.2 Å². The lowest BCUT2D eigenvalue weighted by molar-refractivity contribution is -0.139. The van der Waals surface area contributed by atoms with Gasteiger partial charge in [0.25, 0.3) is 5.53 Å². The summed E-state index contributed by atoms with van der Waals surface area (Å²) in [7, 11) is -6.09. The zero-order valence-electron chi connectivity index (χ0n) is 8.28. The fraction of sp³-hybridized carbons (Fsp3) is 1.00. The monoisotopic (exact) mass is 286 g/mol. The number of halogens is 3. The molecule has 0 aromatic heterocycles. The highest BCUT2D eigenvalue weighted by atomic mass is 32.2. The minimum Gasteiger partial charge on any atom is -0.379 e. The van der Waals surface area contributed by atoms with Gasteiger partial charge in [-0.2, -0.15) is 21.6 Å². The van der Waals surface area contributed by atoms with E-state index >= 15 is 0 Å². The van der Waals surface area contributed by atoms with Gasteiger partial charge in [0.2, 0.25) is 0 Å². The van der Waals surface area contributed by atoms with Crippen molar-refractivity contribution in [3.05, 3.63) is 0 Å². The Hall–Kier alpha value is -0.150. The molecule has 16 heavy (non-hydrogen) atoms. The van der Waals surface area contributed by atoms with E-state index in [1.54, 1.807) is 0 Å². The summed E-state index contributed by atoms with van der Waals surface area (Å²) >= 11 is 0. The van der Waals surface area contributed by atoms with Crippen LogP contribution in [-0.4, -0.2) is 40.3 Å². The Morgan fingerprint density at radius 3 is 2.00 bits per heavy atom. The second kappa shape index (κ2) is 5.46. The molecule has 6 nitrogen and oxygen atoms in total. The van der Waals surface area contributed by atoms with Gasteiger partial charge in [-0.3, -0.25) is 0 Å². The minimum absolute atomic E-state index is 0.711. The Balaban J connectivity index is 5.12. The first-order valence-corrected chi connectivity index (χ1v) is 6.12. The summed E-state index contributed by atoms with van der Waals surface area (Å²) in [6.45, 7) is -0.711. The largest absolute Gasteiger partial charge is 0.523 e. The van der Waals surface area contributed by atoms with Gasteiger partial charge in [0.15, 0.2) is 0 Å². The lowest BCUT2D eigenvalue weighted by atomic mass is 10.7. The molecule has 0 aliphatic carbocycles. The molecule has 0 aromatic rings. The minimum atomic E-state index is -5.89. The summed E-state index contributed by atoms with van der Waals surface area (Å²) in [6, 6.07) is 0. The molecule has 0 N–H and O–H groups in total. The molecular formula is C5H10F3O6PS. The molecule has 0 radical (unpaired) electrons. The van der Waals surface area contributed by atoms with E-state index in [4.69, 9.17) is 0 Å². The normalized spacial score (nSPS) is 17.8. The van der Waals surface area contributed by atoms with Crippen molar-refractivity contribution < 1.29 is 39.8 Å². The van der Waals surface area contributed by atoms with Crippen LogP contribution in [0.2, 0.25) is 0 Å². The lowest BCUT2D eigenvalue weighted by Crippen LogP contribution is -2.40. The molecule has 0 rings (SSSR count). The fourth-order valence-electron chi connectivity index (χ4n) is 0.653. The van der Waals surface area contributed by atoms with E-state index in [2.05, 4.69) is 13.7 Å². The first kappa shape index (κ1) is 15.9. The van der Waals surface area contributed by atoms with E-state index in [0.717, 1.165) is 14.2 Å². The van der Waals surface area contributed by atoms with E-state index in [1.165, 1.54) is 0 Å². The molecule has 0 bridgehead atoms. The lowest BCUT2D eigenvalue weighted by Gasteiger charge is -2.25. The van der Waals surface area contributed by atoms with Gasteiger partial charge in [0.05, 0.1) is 0 Å². The predicted molar refractivity (Wildman–Crippen MR) is 48.1 cm³/mol.